The van der Waals surface area contributed by atoms with Crippen molar-refractivity contribution >= 4 is 17.4 Å². The smallest absolute Gasteiger partial charge is 0.137 e. The summed E-state index contributed by atoms with van der Waals surface area (Å²) < 4.78 is 13.7. The number of halogens is 2. The van der Waals surface area contributed by atoms with Crippen molar-refractivity contribution in [2.45, 2.75) is 50.6 Å². The van der Waals surface area contributed by atoms with Crippen LogP contribution in [0.5, 0.6) is 0 Å². The van der Waals surface area contributed by atoms with Crippen molar-refractivity contribution in [3.8, 4) is 0 Å². The van der Waals surface area contributed by atoms with Crippen molar-refractivity contribution < 1.29 is 9.18 Å². The van der Waals surface area contributed by atoms with Crippen molar-refractivity contribution in [2.24, 2.45) is 5.92 Å². The Labute approximate surface area is 123 Å². The lowest BCUT2D eigenvalue weighted by atomic mass is 9.87. The van der Waals surface area contributed by atoms with E-state index in [-0.39, 0.29) is 18.0 Å². The first-order valence-corrected chi connectivity index (χ1v) is 7.69. The summed E-state index contributed by atoms with van der Waals surface area (Å²) in [5.74, 6) is 0.227. The Morgan fingerprint density at radius 1 is 1.30 bits per heavy atom. The number of Topliss-reactive ketones (excluding diaryl/α,β-unsaturated/α-hetero) is 1. The molecule has 0 spiro atoms. The molecule has 2 unspecified atom stereocenters. The SMILES string of the molecule is O=C(Cc1ccc(Cl)cc1F)CC1CC2CCC(C1)N2. The average Bonchev–Trinajstić information content (AvgIpc) is 2.72. The molecule has 3 rings (SSSR count). The Morgan fingerprint density at radius 2 is 2.00 bits per heavy atom. The molecule has 20 heavy (non-hydrogen) atoms. The highest BCUT2D eigenvalue weighted by Gasteiger charge is 2.34. The second-order valence-corrected chi connectivity index (χ2v) is 6.57. The van der Waals surface area contributed by atoms with E-state index in [1.807, 2.05) is 0 Å². The fourth-order valence-corrected chi connectivity index (χ4v) is 3.77. The van der Waals surface area contributed by atoms with E-state index in [1.54, 1.807) is 12.1 Å². The minimum absolute atomic E-state index is 0.137. The number of benzene rings is 1. The lowest BCUT2D eigenvalue weighted by molar-refractivity contribution is -0.119. The Kier molecular flexibility index (Phi) is 4.08. The molecule has 2 heterocycles. The van der Waals surface area contributed by atoms with Gasteiger partial charge < -0.3 is 5.32 Å². The van der Waals surface area contributed by atoms with Gasteiger partial charge >= 0.3 is 0 Å². The third kappa shape index (κ3) is 3.21. The number of hydrogen-bond donors (Lipinski definition) is 1. The normalized spacial score (nSPS) is 28.6. The number of ketones is 1. The van der Waals surface area contributed by atoms with Crippen molar-refractivity contribution in [1.82, 2.24) is 5.32 Å². The first-order valence-electron chi connectivity index (χ1n) is 7.32. The van der Waals surface area contributed by atoms with Crippen LogP contribution in [0.2, 0.25) is 5.02 Å². The van der Waals surface area contributed by atoms with Crippen LogP contribution in [0.4, 0.5) is 4.39 Å². The van der Waals surface area contributed by atoms with Gasteiger partial charge in [-0.2, -0.15) is 0 Å². The number of nitrogens with one attached hydrogen (secondary N) is 1. The van der Waals surface area contributed by atoms with Gasteiger partial charge in [-0.3, -0.25) is 4.79 Å². The molecular weight excluding hydrogens is 277 g/mol. The maximum Gasteiger partial charge on any atom is 0.137 e. The summed E-state index contributed by atoms with van der Waals surface area (Å²) in [6.07, 6.45) is 5.41. The standard InChI is InChI=1S/C16H19ClFNO/c17-12-2-1-11(16(18)9-12)8-15(20)7-10-5-13-3-4-14(6-10)19-13/h1-2,9-10,13-14,19H,3-8H2. The van der Waals surface area contributed by atoms with Gasteiger partial charge in [0.05, 0.1) is 0 Å². The minimum atomic E-state index is -0.378. The van der Waals surface area contributed by atoms with Crippen molar-refractivity contribution in [3.05, 3.63) is 34.6 Å². The molecule has 2 fully saturated rings. The predicted molar refractivity (Wildman–Crippen MR) is 77.4 cm³/mol. The third-order valence-corrected chi connectivity index (χ3v) is 4.72. The molecule has 2 aliphatic heterocycles. The van der Waals surface area contributed by atoms with Gasteiger partial charge in [-0.05, 0) is 49.3 Å². The second kappa shape index (κ2) is 5.82. The van der Waals surface area contributed by atoms with Crippen LogP contribution in [-0.2, 0) is 11.2 Å². The number of rotatable bonds is 4. The van der Waals surface area contributed by atoms with Gasteiger partial charge in [0.15, 0.2) is 0 Å². The first-order chi connectivity index (χ1) is 9.60. The quantitative estimate of drug-likeness (QED) is 0.921. The van der Waals surface area contributed by atoms with E-state index in [0.29, 0.717) is 35.0 Å². The zero-order chi connectivity index (χ0) is 14.1. The van der Waals surface area contributed by atoms with Crippen LogP contribution in [0.15, 0.2) is 18.2 Å². The van der Waals surface area contributed by atoms with Crippen LogP contribution in [0.25, 0.3) is 0 Å². The summed E-state index contributed by atoms with van der Waals surface area (Å²) in [5.41, 5.74) is 0.455. The Morgan fingerprint density at radius 3 is 2.65 bits per heavy atom. The van der Waals surface area contributed by atoms with Crippen LogP contribution in [-0.4, -0.2) is 17.9 Å². The number of piperidine rings is 1. The molecule has 0 saturated carbocycles. The Hall–Kier alpha value is -0.930. The largest absolute Gasteiger partial charge is 0.311 e. The van der Waals surface area contributed by atoms with Crippen LogP contribution in [0, 0.1) is 11.7 Å². The first kappa shape index (κ1) is 14.0. The van der Waals surface area contributed by atoms with E-state index >= 15 is 0 Å². The van der Waals surface area contributed by atoms with Gasteiger partial charge in [0.1, 0.15) is 11.6 Å². The molecule has 2 bridgehead atoms. The fourth-order valence-electron chi connectivity index (χ4n) is 3.61. The van der Waals surface area contributed by atoms with Crippen LogP contribution < -0.4 is 5.32 Å². The van der Waals surface area contributed by atoms with E-state index in [2.05, 4.69) is 5.32 Å². The van der Waals surface area contributed by atoms with Gasteiger partial charge in [-0.1, -0.05) is 17.7 Å². The van der Waals surface area contributed by atoms with Crippen LogP contribution in [0.3, 0.4) is 0 Å². The fraction of sp³-hybridized carbons (Fsp3) is 0.562. The number of fused-ring (bicyclic) bond motifs is 2. The average molecular weight is 296 g/mol. The minimum Gasteiger partial charge on any atom is -0.311 e. The summed E-state index contributed by atoms with van der Waals surface area (Å²) in [4.78, 5) is 12.1. The molecule has 1 aromatic rings. The van der Waals surface area contributed by atoms with Crippen molar-refractivity contribution in [3.63, 3.8) is 0 Å². The van der Waals surface area contributed by atoms with E-state index in [4.69, 9.17) is 11.6 Å². The molecule has 0 radical (unpaired) electrons. The van der Waals surface area contributed by atoms with E-state index in [0.717, 1.165) is 12.8 Å². The molecule has 2 saturated heterocycles. The highest BCUT2D eigenvalue weighted by atomic mass is 35.5. The van der Waals surface area contributed by atoms with Gasteiger partial charge in [0.2, 0.25) is 0 Å². The summed E-state index contributed by atoms with van der Waals surface area (Å²) >= 11 is 5.72. The summed E-state index contributed by atoms with van der Waals surface area (Å²) in [6, 6.07) is 5.71. The van der Waals surface area contributed by atoms with Crippen molar-refractivity contribution in [2.75, 3.05) is 0 Å². The van der Waals surface area contributed by atoms with Crippen LogP contribution >= 0.6 is 11.6 Å². The monoisotopic (exact) mass is 295 g/mol. The molecule has 2 nitrogen and oxygen atoms in total. The Balaban J connectivity index is 1.57. The molecule has 2 aliphatic rings. The molecule has 108 valence electrons. The Bertz CT molecular complexity index is 507. The van der Waals surface area contributed by atoms with E-state index in [1.165, 1.54) is 18.9 Å². The van der Waals surface area contributed by atoms with Crippen LogP contribution in [0.1, 0.15) is 37.7 Å². The molecule has 0 aromatic heterocycles. The molecule has 2 atom stereocenters. The zero-order valence-corrected chi connectivity index (χ0v) is 12.1. The highest BCUT2D eigenvalue weighted by Crippen LogP contribution is 2.33. The molecule has 0 amide bonds. The molecule has 4 heteroatoms. The lowest BCUT2D eigenvalue weighted by Gasteiger charge is -2.28. The number of hydrogen-bond acceptors (Lipinski definition) is 2. The number of carbonyl (C=O) groups excluding carboxylic acids is 1. The predicted octanol–water partition coefficient (Wildman–Crippen LogP) is 3.51. The van der Waals surface area contributed by atoms with Gasteiger partial charge in [0.25, 0.3) is 0 Å². The molecule has 0 aliphatic carbocycles. The summed E-state index contributed by atoms with van der Waals surface area (Å²) in [6.45, 7) is 0. The van der Waals surface area contributed by atoms with Gasteiger partial charge in [0, 0.05) is 29.9 Å². The highest BCUT2D eigenvalue weighted by molar-refractivity contribution is 6.30. The van der Waals surface area contributed by atoms with Gasteiger partial charge in [-0.15, -0.1) is 0 Å². The zero-order valence-electron chi connectivity index (χ0n) is 11.4. The number of carbonyl (C=O) groups is 1. The van der Waals surface area contributed by atoms with Crippen molar-refractivity contribution in [1.29, 1.82) is 0 Å². The lowest BCUT2D eigenvalue weighted by Crippen LogP contribution is -2.38. The van der Waals surface area contributed by atoms with Gasteiger partial charge in [-0.25, -0.2) is 4.39 Å². The molecular formula is C16H19ClFNO. The summed E-state index contributed by atoms with van der Waals surface area (Å²) in [5, 5.41) is 3.94. The molecule has 1 aromatic carbocycles. The third-order valence-electron chi connectivity index (χ3n) is 4.49. The van der Waals surface area contributed by atoms with E-state index < -0.39 is 0 Å². The maximum absolute atomic E-state index is 13.7. The maximum atomic E-state index is 13.7. The topological polar surface area (TPSA) is 29.1 Å². The molecule has 1 N–H and O–H groups in total. The summed E-state index contributed by atoms with van der Waals surface area (Å²) in [7, 11) is 0. The van der Waals surface area contributed by atoms with E-state index in [9.17, 15) is 9.18 Å². The second-order valence-electron chi connectivity index (χ2n) is 6.13.